The van der Waals surface area contributed by atoms with Crippen molar-refractivity contribution in [2.24, 2.45) is 5.92 Å². The summed E-state index contributed by atoms with van der Waals surface area (Å²) in [6.45, 7) is 3.75. The van der Waals surface area contributed by atoms with Crippen LogP contribution < -0.4 is 0 Å². The third-order valence-electron chi connectivity index (χ3n) is 1.27. The van der Waals surface area contributed by atoms with Gasteiger partial charge in [0.25, 0.3) is 0 Å². The van der Waals surface area contributed by atoms with Crippen LogP contribution in [0.15, 0.2) is 0 Å². The lowest BCUT2D eigenvalue weighted by Crippen LogP contribution is -2.09. The molecule has 0 N–H and O–H groups in total. The normalized spacial score (nSPS) is 16.9. The Morgan fingerprint density at radius 2 is 2.00 bits per heavy atom. The standard InChI is InChI=1S/C6H10Cl2O/c1-4(5(2)7)3-6(8)9/h4-5H,3H2,1-2H3. The second kappa shape index (κ2) is 4.13. The monoisotopic (exact) mass is 168 g/mol. The molecular formula is C6H10Cl2O. The molecule has 0 aliphatic carbocycles. The fourth-order valence-electron chi connectivity index (χ4n) is 0.416. The Morgan fingerprint density at radius 3 is 2.11 bits per heavy atom. The van der Waals surface area contributed by atoms with E-state index in [1.807, 2.05) is 13.8 Å². The predicted octanol–water partition coefficient (Wildman–Crippen LogP) is 2.41. The van der Waals surface area contributed by atoms with Gasteiger partial charge < -0.3 is 0 Å². The number of hydrogen-bond acceptors (Lipinski definition) is 1. The van der Waals surface area contributed by atoms with E-state index in [9.17, 15) is 4.79 Å². The maximum absolute atomic E-state index is 10.3. The van der Waals surface area contributed by atoms with Crippen molar-refractivity contribution in [1.29, 1.82) is 0 Å². The predicted molar refractivity (Wildman–Crippen MR) is 40.0 cm³/mol. The zero-order chi connectivity index (χ0) is 7.44. The molecule has 0 bridgehead atoms. The van der Waals surface area contributed by atoms with Gasteiger partial charge in [0.15, 0.2) is 0 Å². The minimum absolute atomic E-state index is 0.0210. The summed E-state index contributed by atoms with van der Waals surface area (Å²) in [5.74, 6) is 0.177. The van der Waals surface area contributed by atoms with Crippen molar-refractivity contribution in [3.8, 4) is 0 Å². The minimum atomic E-state index is -0.310. The summed E-state index contributed by atoms with van der Waals surface area (Å²) in [4.78, 5) is 10.3. The van der Waals surface area contributed by atoms with Crippen molar-refractivity contribution in [2.45, 2.75) is 25.6 Å². The highest BCUT2D eigenvalue weighted by Gasteiger charge is 2.11. The summed E-state index contributed by atoms with van der Waals surface area (Å²) in [5.41, 5.74) is 0. The molecule has 54 valence electrons. The van der Waals surface area contributed by atoms with Gasteiger partial charge in [0, 0.05) is 11.8 Å². The number of carbonyl (C=O) groups excluding carboxylic acids is 1. The molecule has 3 heteroatoms. The average molecular weight is 169 g/mol. The number of alkyl halides is 1. The van der Waals surface area contributed by atoms with Gasteiger partial charge in [-0.1, -0.05) is 6.92 Å². The highest BCUT2D eigenvalue weighted by Crippen LogP contribution is 2.14. The molecular weight excluding hydrogens is 159 g/mol. The van der Waals surface area contributed by atoms with Gasteiger partial charge >= 0.3 is 0 Å². The van der Waals surface area contributed by atoms with Crippen LogP contribution in [0, 0.1) is 5.92 Å². The molecule has 0 heterocycles. The van der Waals surface area contributed by atoms with Crippen molar-refractivity contribution in [3.05, 3.63) is 0 Å². The molecule has 1 nitrogen and oxygen atoms in total. The van der Waals surface area contributed by atoms with E-state index in [1.54, 1.807) is 0 Å². The summed E-state index contributed by atoms with van der Waals surface area (Å²) in [6.07, 6.45) is 0.367. The van der Waals surface area contributed by atoms with Crippen molar-refractivity contribution in [2.75, 3.05) is 0 Å². The molecule has 9 heavy (non-hydrogen) atoms. The van der Waals surface area contributed by atoms with Crippen molar-refractivity contribution in [3.63, 3.8) is 0 Å². The fraction of sp³-hybridized carbons (Fsp3) is 0.833. The molecule has 0 fully saturated rings. The summed E-state index contributed by atoms with van der Waals surface area (Å²) >= 11 is 10.8. The third-order valence-corrected chi connectivity index (χ3v) is 1.85. The lowest BCUT2D eigenvalue weighted by Gasteiger charge is -2.09. The van der Waals surface area contributed by atoms with Crippen LogP contribution in [0.25, 0.3) is 0 Å². The Hall–Kier alpha value is 0.250. The van der Waals surface area contributed by atoms with Gasteiger partial charge in [-0.25, -0.2) is 0 Å². The lowest BCUT2D eigenvalue weighted by molar-refractivity contribution is -0.112. The molecule has 0 aromatic rings. The minimum Gasteiger partial charge on any atom is -0.281 e. The van der Waals surface area contributed by atoms with E-state index >= 15 is 0 Å². The largest absolute Gasteiger partial charge is 0.281 e. The molecule has 0 saturated heterocycles. The van der Waals surface area contributed by atoms with E-state index < -0.39 is 0 Å². The number of carbonyl (C=O) groups is 1. The molecule has 0 radical (unpaired) electrons. The Kier molecular flexibility index (Phi) is 4.24. The molecule has 0 aromatic heterocycles. The van der Waals surface area contributed by atoms with E-state index in [4.69, 9.17) is 23.2 Å². The van der Waals surface area contributed by atoms with Crippen LogP contribution in [0.3, 0.4) is 0 Å². The van der Waals surface area contributed by atoms with Gasteiger partial charge in [0.2, 0.25) is 5.24 Å². The van der Waals surface area contributed by atoms with E-state index in [0.29, 0.717) is 6.42 Å². The van der Waals surface area contributed by atoms with Crippen molar-refractivity contribution in [1.82, 2.24) is 0 Å². The number of hydrogen-bond donors (Lipinski definition) is 0. The van der Waals surface area contributed by atoms with Crippen molar-refractivity contribution < 1.29 is 4.79 Å². The second-order valence-electron chi connectivity index (χ2n) is 2.21. The van der Waals surface area contributed by atoms with Gasteiger partial charge in [0.1, 0.15) is 0 Å². The smallest absolute Gasteiger partial charge is 0.221 e. The summed E-state index contributed by atoms with van der Waals surface area (Å²) < 4.78 is 0. The first-order valence-electron chi connectivity index (χ1n) is 2.86. The quantitative estimate of drug-likeness (QED) is 0.468. The number of rotatable bonds is 3. The first-order chi connectivity index (χ1) is 4.04. The average Bonchev–Trinajstić information content (AvgIpc) is 1.63. The van der Waals surface area contributed by atoms with E-state index in [2.05, 4.69) is 0 Å². The Balaban J connectivity index is 3.50. The van der Waals surface area contributed by atoms with Gasteiger partial charge in [0.05, 0.1) is 0 Å². The van der Waals surface area contributed by atoms with Crippen LogP contribution in [0.4, 0.5) is 0 Å². The van der Waals surface area contributed by atoms with Crippen LogP contribution in [-0.2, 0) is 4.79 Å². The SMILES string of the molecule is CC(Cl)C(C)CC(=O)Cl. The van der Waals surface area contributed by atoms with Crippen LogP contribution >= 0.6 is 23.2 Å². The molecule has 0 saturated carbocycles. The van der Waals surface area contributed by atoms with Crippen LogP contribution in [0.1, 0.15) is 20.3 Å². The topological polar surface area (TPSA) is 17.1 Å². The first-order valence-corrected chi connectivity index (χ1v) is 3.68. The van der Waals surface area contributed by atoms with Crippen LogP contribution in [0.2, 0.25) is 0 Å². The lowest BCUT2D eigenvalue weighted by atomic mass is 10.1. The molecule has 0 aliphatic heterocycles. The van der Waals surface area contributed by atoms with Crippen molar-refractivity contribution >= 4 is 28.4 Å². The Bertz CT molecular complexity index is 101. The van der Waals surface area contributed by atoms with Crippen LogP contribution in [0.5, 0.6) is 0 Å². The zero-order valence-corrected chi connectivity index (χ0v) is 7.04. The summed E-state index contributed by atoms with van der Waals surface area (Å²) in [6, 6.07) is 0. The van der Waals surface area contributed by atoms with Crippen LogP contribution in [-0.4, -0.2) is 10.6 Å². The molecule has 0 aliphatic rings. The molecule has 2 unspecified atom stereocenters. The second-order valence-corrected chi connectivity index (χ2v) is 3.32. The van der Waals surface area contributed by atoms with E-state index in [1.165, 1.54) is 0 Å². The fourth-order valence-corrected chi connectivity index (χ4v) is 0.748. The molecule has 0 aromatic carbocycles. The molecule has 2 atom stereocenters. The highest BCUT2D eigenvalue weighted by molar-refractivity contribution is 6.63. The third kappa shape index (κ3) is 4.73. The first kappa shape index (κ1) is 9.25. The Morgan fingerprint density at radius 1 is 1.56 bits per heavy atom. The summed E-state index contributed by atoms with van der Waals surface area (Å²) in [5, 5.41) is -0.289. The maximum atomic E-state index is 10.3. The molecule has 0 rings (SSSR count). The van der Waals surface area contributed by atoms with E-state index in [0.717, 1.165) is 0 Å². The molecule has 0 spiro atoms. The molecule has 0 amide bonds. The van der Waals surface area contributed by atoms with Gasteiger partial charge in [-0.15, -0.1) is 11.6 Å². The van der Waals surface area contributed by atoms with Gasteiger partial charge in [-0.2, -0.15) is 0 Å². The number of halogens is 2. The Labute approximate surface area is 65.3 Å². The summed E-state index contributed by atoms with van der Waals surface area (Å²) in [7, 11) is 0. The van der Waals surface area contributed by atoms with E-state index in [-0.39, 0.29) is 16.5 Å². The highest BCUT2D eigenvalue weighted by atomic mass is 35.5. The van der Waals surface area contributed by atoms with Gasteiger partial charge in [-0.05, 0) is 24.4 Å². The maximum Gasteiger partial charge on any atom is 0.221 e. The zero-order valence-electron chi connectivity index (χ0n) is 5.53. The van der Waals surface area contributed by atoms with Gasteiger partial charge in [-0.3, -0.25) is 4.79 Å².